The molecule has 0 spiro atoms. The lowest BCUT2D eigenvalue weighted by Crippen LogP contribution is -2.22. The summed E-state index contributed by atoms with van der Waals surface area (Å²) in [6, 6.07) is 9.39. The number of aryl methyl sites for hydroxylation is 1. The van der Waals surface area contributed by atoms with Crippen LogP contribution in [0.4, 0.5) is 0 Å². The molecule has 0 N–H and O–H groups in total. The van der Waals surface area contributed by atoms with Crippen molar-refractivity contribution in [3.8, 4) is 5.75 Å². The zero-order valence-electron chi connectivity index (χ0n) is 13.8. The normalized spacial score (nSPS) is 16.8. The van der Waals surface area contributed by atoms with Gasteiger partial charge in [0, 0.05) is 17.0 Å². The van der Waals surface area contributed by atoms with Crippen molar-refractivity contribution in [3.05, 3.63) is 51.9 Å². The number of benzene rings is 2. The number of rotatable bonds is 2. The van der Waals surface area contributed by atoms with Crippen molar-refractivity contribution in [1.29, 1.82) is 0 Å². The van der Waals surface area contributed by atoms with Gasteiger partial charge in [-0.25, -0.2) is 4.79 Å². The number of ether oxygens (including phenoxy) is 3. The Morgan fingerprint density at radius 1 is 1.04 bits per heavy atom. The van der Waals surface area contributed by atoms with E-state index in [1.54, 1.807) is 19.2 Å². The van der Waals surface area contributed by atoms with Crippen LogP contribution in [0.2, 0.25) is 0 Å². The van der Waals surface area contributed by atoms with Gasteiger partial charge in [-0.1, -0.05) is 12.1 Å². The fourth-order valence-electron chi connectivity index (χ4n) is 3.25. The van der Waals surface area contributed by atoms with Crippen molar-refractivity contribution in [3.63, 3.8) is 0 Å². The molecule has 1 fully saturated rings. The Morgan fingerprint density at radius 3 is 2.50 bits per heavy atom. The maximum atomic E-state index is 12.5. The lowest BCUT2D eigenvalue weighted by molar-refractivity contribution is -0.149. The van der Waals surface area contributed by atoms with Crippen molar-refractivity contribution in [2.24, 2.45) is 0 Å². The Morgan fingerprint density at radius 2 is 1.79 bits per heavy atom. The molecule has 0 unspecified atom stereocenters. The molecule has 4 rings (SSSR count). The van der Waals surface area contributed by atoms with Crippen molar-refractivity contribution in [2.45, 2.75) is 19.6 Å². The van der Waals surface area contributed by atoms with Crippen LogP contribution in [0.25, 0.3) is 21.7 Å². The molecule has 0 amide bonds. The SMILES string of the molecule is COc1cc2oc(=O)c3cc(C4(C)OCCO4)ccc3c2cc1C. The highest BCUT2D eigenvalue weighted by molar-refractivity contribution is 6.05. The van der Waals surface area contributed by atoms with E-state index in [1.165, 1.54) is 0 Å². The van der Waals surface area contributed by atoms with Crippen LogP contribution in [0.5, 0.6) is 5.75 Å². The quantitative estimate of drug-likeness (QED) is 0.533. The molecule has 0 aliphatic carbocycles. The smallest absolute Gasteiger partial charge is 0.344 e. The van der Waals surface area contributed by atoms with Gasteiger partial charge in [0.15, 0.2) is 5.79 Å². The Hall–Kier alpha value is -2.37. The van der Waals surface area contributed by atoms with Gasteiger partial charge in [0.05, 0.1) is 25.7 Å². The van der Waals surface area contributed by atoms with Gasteiger partial charge in [0.2, 0.25) is 0 Å². The molecule has 124 valence electrons. The minimum absolute atomic E-state index is 0.383. The zero-order chi connectivity index (χ0) is 16.9. The average molecular weight is 326 g/mol. The lowest BCUT2D eigenvalue weighted by Gasteiger charge is -2.23. The third-order valence-corrected chi connectivity index (χ3v) is 4.59. The van der Waals surface area contributed by atoms with Crippen LogP contribution in [0.15, 0.2) is 39.5 Å². The summed E-state index contributed by atoms with van der Waals surface area (Å²) in [4.78, 5) is 12.5. The van der Waals surface area contributed by atoms with Crippen LogP contribution in [-0.2, 0) is 15.3 Å². The van der Waals surface area contributed by atoms with Crippen molar-refractivity contribution < 1.29 is 18.6 Å². The van der Waals surface area contributed by atoms with Crippen molar-refractivity contribution in [2.75, 3.05) is 20.3 Å². The largest absolute Gasteiger partial charge is 0.496 e. The molecule has 0 radical (unpaired) electrons. The molecule has 2 heterocycles. The number of hydrogen-bond donors (Lipinski definition) is 0. The molecule has 1 aromatic heterocycles. The van der Waals surface area contributed by atoms with Gasteiger partial charge in [-0.3, -0.25) is 0 Å². The third-order valence-electron chi connectivity index (χ3n) is 4.59. The van der Waals surface area contributed by atoms with E-state index in [4.69, 9.17) is 18.6 Å². The van der Waals surface area contributed by atoms with E-state index in [2.05, 4.69) is 0 Å². The molecule has 1 aliphatic rings. The van der Waals surface area contributed by atoms with E-state index in [-0.39, 0.29) is 5.63 Å². The number of fused-ring (bicyclic) bond motifs is 3. The van der Waals surface area contributed by atoms with Crippen molar-refractivity contribution in [1.82, 2.24) is 0 Å². The fraction of sp³-hybridized carbons (Fsp3) is 0.316. The van der Waals surface area contributed by atoms with E-state index in [1.807, 2.05) is 32.0 Å². The van der Waals surface area contributed by atoms with Gasteiger partial charge in [0.1, 0.15) is 11.3 Å². The first-order valence-electron chi connectivity index (χ1n) is 7.85. The summed E-state index contributed by atoms with van der Waals surface area (Å²) in [6.07, 6.45) is 0. The van der Waals surface area contributed by atoms with Gasteiger partial charge in [-0.2, -0.15) is 0 Å². The summed E-state index contributed by atoms with van der Waals surface area (Å²) in [5.74, 6) is -0.118. The van der Waals surface area contributed by atoms with E-state index < -0.39 is 5.79 Å². The Kier molecular flexibility index (Phi) is 3.37. The molecule has 2 aromatic carbocycles. The first-order valence-corrected chi connectivity index (χ1v) is 7.85. The van der Waals surface area contributed by atoms with Crippen LogP contribution in [0, 0.1) is 6.92 Å². The Balaban J connectivity index is 2.00. The van der Waals surface area contributed by atoms with Gasteiger partial charge in [-0.05, 0) is 36.9 Å². The lowest BCUT2D eigenvalue weighted by atomic mass is 10.00. The van der Waals surface area contributed by atoms with Crippen LogP contribution in [0.3, 0.4) is 0 Å². The molecule has 5 heteroatoms. The van der Waals surface area contributed by atoms with Gasteiger partial charge >= 0.3 is 5.63 Å². The highest BCUT2D eigenvalue weighted by atomic mass is 16.7. The van der Waals surface area contributed by atoms with Gasteiger partial charge < -0.3 is 18.6 Å². The topological polar surface area (TPSA) is 57.9 Å². The molecule has 3 aromatic rings. The minimum atomic E-state index is -0.814. The molecule has 24 heavy (non-hydrogen) atoms. The number of hydrogen-bond acceptors (Lipinski definition) is 5. The highest BCUT2D eigenvalue weighted by Gasteiger charge is 2.33. The monoisotopic (exact) mass is 326 g/mol. The fourth-order valence-corrected chi connectivity index (χ4v) is 3.25. The maximum absolute atomic E-state index is 12.5. The molecule has 5 nitrogen and oxygen atoms in total. The summed E-state index contributed by atoms with van der Waals surface area (Å²) < 4.78 is 22.2. The van der Waals surface area contributed by atoms with Crippen LogP contribution < -0.4 is 10.4 Å². The van der Waals surface area contributed by atoms with Gasteiger partial charge in [-0.15, -0.1) is 0 Å². The molecular weight excluding hydrogens is 308 g/mol. The average Bonchev–Trinajstić information content (AvgIpc) is 3.03. The molecule has 0 bridgehead atoms. The molecule has 1 aliphatic heterocycles. The molecular formula is C19H18O5. The summed E-state index contributed by atoms with van der Waals surface area (Å²) in [7, 11) is 1.60. The zero-order valence-corrected chi connectivity index (χ0v) is 13.8. The minimum Gasteiger partial charge on any atom is -0.496 e. The second-order valence-electron chi connectivity index (χ2n) is 6.11. The van der Waals surface area contributed by atoms with Crippen LogP contribution in [0.1, 0.15) is 18.1 Å². The van der Waals surface area contributed by atoms with E-state index in [0.717, 1.165) is 21.9 Å². The molecule has 0 atom stereocenters. The maximum Gasteiger partial charge on any atom is 0.344 e. The highest BCUT2D eigenvalue weighted by Crippen LogP contribution is 2.34. The second kappa shape index (κ2) is 5.33. The Labute approximate surface area is 138 Å². The standard InChI is InChI=1S/C19H18O5/c1-11-8-14-13-5-4-12(19(2)22-6-7-23-19)9-15(13)18(20)24-17(14)10-16(11)21-3/h4-5,8-10H,6-7H2,1-3H3. The van der Waals surface area contributed by atoms with Crippen LogP contribution >= 0.6 is 0 Å². The second-order valence-corrected chi connectivity index (χ2v) is 6.11. The molecule has 1 saturated heterocycles. The van der Waals surface area contributed by atoms with E-state index >= 15 is 0 Å². The summed E-state index contributed by atoms with van der Waals surface area (Å²) in [6.45, 7) is 4.91. The summed E-state index contributed by atoms with van der Waals surface area (Å²) in [5.41, 5.74) is 1.93. The predicted octanol–water partition coefficient (Wildman–Crippen LogP) is 3.48. The number of methoxy groups -OCH3 is 1. The van der Waals surface area contributed by atoms with Crippen molar-refractivity contribution >= 4 is 21.7 Å². The van der Waals surface area contributed by atoms with E-state index in [9.17, 15) is 4.79 Å². The summed E-state index contributed by atoms with van der Waals surface area (Å²) in [5, 5.41) is 2.25. The van der Waals surface area contributed by atoms with Gasteiger partial charge in [0.25, 0.3) is 0 Å². The first-order chi connectivity index (χ1) is 11.5. The third kappa shape index (κ3) is 2.20. The predicted molar refractivity (Wildman–Crippen MR) is 90.5 cm³/mol. The Bertz CT molecular complexity index is 996. The molecule has 0 saturated carbocycles. The first kappa shape index (κ1) is 15.2. The summed E-state index contributed by atoms with van der Waals surface area (Å²) >= 11 is 0. The van der Waals surface area contributed by atoms with Crippen LogP contribution in [-0.4, -0.2) is 20.3 Å². The van der Waals surface area contributed by atoms with E-state index in [0.29, 0.717) is 29.9 Å².